The van der Waals surface area contributed by atoms with Crippen LogP contribution >= 0.6 is 0 Å². The molecule has 1 aliphatic carbocycles. The maximum absolute atomic E-state index is 6.50. The van der Waals surface area contributed by atoms with Crippen LogP contribution in [-0.2, 0) is 12.3 Å². The SMILES string of the molecule is C[SiH](C)O[SiH](O[Si](C)(C)O[SiH](C)C)C1CCCCC1. The van der Waals surface area contributed by atoms with Gasteiger partial charge in [-0.1, -0.05) is 19.3 Å². The monoisotopic (exact) mass is 336 g/mol. The molecule has 0 aromatic heterocycles. The van der Waals surface area contributed by atoms with Gasteiger partial charge in [0, 0.05) is 0 Å². The fourth-order valence-corrected chi connectivity index (χ4v) is 15.8. The molecule has 0 radical (unpaired) electrons. The molecule has 0 amide bonds. The van der Waals surface area contributed by atoms with Gasteiger partial charge in [-0.15, -0.1) is 0 Å². The summed E-state index contributed by atoms with van der Waals surface area (Å²) in [6, 6.07) is 0. The van der Waals surface area contributed by atoms with Crippen molar-refractivity contribution in [1.29, 1.82) is 0 Å². The average Bonchev–Trinajstić information content (AvgIpc) is 2.26. The van der Waals surface area contributed by atoms with Crippen LogP contribution in [0.15, 0.2) is 0 Å². The van der Waals surface area contributed by atoms with Crippen molar-refractivity contribution in [1.82, 2.24) is 0 Å². The fraction of sp³-hybridized carbons (Fsp3) is 1.00. The highest BCUT2D eigenvalue weighted by Crippen LogP contribution is 2.33. The van der Waals surface area contributed by atoms with Crippen LogP contribution < -0.4 is 0 Å². The molecule has 0 spiro atoms. The van der Waals surface area contributed by atoms with E-state index in [9.17, 15) is 0 Å². The lowest BCUT2D eigenvalue weighted by molar-refractivity contribution is 0.325. The van der Waals surface area contributed by atoms with Gasteiger partial charge in [0.05, 0.1) is 0 Å². The van der Waals surface area contributed by atoms with Gasteiger partial charge in [0.25, 0.3) is 0 Å². The fourth-order valence-electron chi connectivity index (χ4n) is 2.78. The number of hydrogen-bond donors (Lipinski definition) is 0. The summed E-state index contributed by atoms with van der Waals surface area (Å²) in [6.07, 6.45) is 6.76. The summed E-state index contributed by atoms with van der Waals surface area (Å²) >= 11 is 0. The molecule has 1 aliphatic rings. The maximum atomic E-state index is 6.50. The summed E-state index contributed by atoms with van der Waals surface area (Å²) in [5, 5.41) is 0. The molecule has 0 aliphatic heterocycles. The summed E-state index contributed by atoms with van der Waals surface area (Å²) in [5.41, 5.74) is 0.729. The van der Waals surface area contributed by atoms with Crippen LogP contribution in [0.2, 0.25) is 44.8 Å². The molecular formula is C12H32O3Si4. The third kappa shape index (κ3) is 7.35. The highest BCUT2D eigenvalue weighted by atomic mass is 28.5. The van der Waals surface area contributed by atoms with Crippen LogP contribution in [0.1, 0.15) is 32.1 Å². The number of hydrogen-bond acceptors (Lipinski definition) is 3. The minimum Gasteiger partial charge on any atom is -0.441 e. The average molecular weight is 337 g/mol. The highest BCUT2D eigenvalue weighted by molar-refractivity contribution is 6.79. The molecule has 0 aromatic carbocycles. The summed E-state index contributed by atoms with van der Waals surface area (Å²) in [5.74, 6) is 0. The largest absolute Gasteiger partial charge is 0.441 e. The van der Waals surface area contributed by atoms with Crippen molar-refractivity contribution in [3.05, 3.63) is 0 Å². The second kappa shape index (κ2) is 8.25. The molecule has 3 nitrogen and oxygen atoms in total. The zero-order valence-electron chi connectivity index (χ0n) is 13.6. The first-order valence-electron chi connectivity index (χ1n) is 7.81. The Bertz CT molecular complexity index is 255. The lowest BCUT2D eigenvalue weighted by atomic mass is 10.0. The second-order valence-corrected chi connectivity index (χ2v) is 18.3. The van der Waals surface area contributed by atoms with Crippen molar-refractivity contribution in [3.63, 3.8) is 0 Å². The molecule has 0 saturated heterocycles. The van der Waals surface area contributed by atoms with Crippen LogP contribution in [0.3, 0.4) is 0 Å². The Labute approximate surface area is 125 Å². The standard InChI is InChI=1S/C12H32O3Si4/c1-16(2)13-18(12-10-8-7-9-11-12)15-19(5,6)14-17(3)4/h12,16-18H,7-11H2,1-6H3. The Morgan fingerprint density at radius 2 is 1.42 bits per heavy atom. The first-order chi connectivity index (χ1) is 8.80. The van der Waals surface area contributed by atoms with Gasteiger partial charge < -0.3 is 12.3 Å². The van der Waals surface area contributed by atoms with Gasteiger partial charge in [0.2, 0.25) is 0 Å². The Kier molecular flexibility index (Phi) is 7.73. The summed E-state index contributed by atoms with van der Waals surface area (Å²) in [4.78, 5) is 0. The van der Waals surface area contributed by atoms with Crippen molar-refractivity contribution < 1.29 is 12.3 Å². The third-order valence-corrected chi connectivity index (χ3v) is 15.4. The van der Waals surface area contributed by atoms with E-state index in [1.807, 2.05) is 0 Å². The van der Waals surface area contributed by atoms with Gasteiger partial charge in [0.15, 0.2) is 18.1 Å². The van der Waals surface area contributed by atoms with Crippen LogP contribution in [-0.4, -0.2) is 35.9 Å². The van der Waals surface area contributed by atoms with E-state index in [-0.39, 0.29) is 0 Å². The predicted molar refractivity (Wildman–Crippen MR) is 92.5 cm³/mol. The minimum absolute atomic E-state index is 0.729. The van der Waals surface area contributed by atoms with E-state index in [1.54, 1.807) is 0 Å². The van der Waals surface area contributed by atoms with Crippen molar-refractivity contribution in [2.24, 2.45) is 0 Å². The van der Waals surface area contributed by atoms with Gasteiger partial charge in [-0.25, -0.2) is 0 Å². The van der Waals surface area contributed by atoms with E-state index in [4.69, 9.17) is 12.3 Å². The van der Waals surface area contributed by atoms with Crippen molar-refractivity contribution in [2.45, 2.75) is 76.9 Å². The lowest BCUT2D eigenvalue weighted by Crippen LogP contribution is -2.48. The molecule has 0 N–H and O–H groups in total. The van der Waals surface area contributed by atoms with Gasteiger partial charge in [0.1, 0.15) is 0 Å². The molecule has 1 fully saturated rings. The Morgan fingerprint density at radius 3 is 1.89 bits per heavy atom. The second-order valence-electron chi connectivity index (χ2n) is 6.64. The summed E-state index contributed by atoms with van der Waals surface area (Å²) in [6.45, 7) is 13.4. The molecule has 114 valence electrons. The zero-order valence-corrected chi connectivity index (χ0v) is 18.0. The van der Waals surface area contributed by atoms with Crippen LogP contribution in [0.5, 0.6) is 0 Å². The van der Waals surface area contributed by atoms with E-state index in [0.717, 1.165) is 5.54 Å². The van der Waals surface area contributed by atoms with Crippen LogP contribution in [0.25, 0.3) is 0 Å². The maximum Gasteiger partial charge on any atom is 0.312 e. The quantitative estimate of drug-likeness (QED) is 0.668. The topological polar surface area (TPSA) is 27.7 Å². The normalized spacial score (nSPS) is 20.2. The summed E-state index contributed by atoms with van der Waals surface area (Å²) in [7, 11) is -5.52. The van der Waals surface area contributed by atoms with E-state index >= 15 is 0 Å². The van der Waals surface area contributed by atoms with Crippen molar-refractivity contribution in [3.8, 4) is 0 Å². The molecule has 19 heavy (non-hydrogen) atoms. The third-order valence-electron chi connectivity index (χ3n) is 3.36. The van der Waals surface area contributed by atoms with E-state index in [2.05, 4.69) is 39.3 Å². The van der Waals surface area contributed by atoms with Crippen LogP contribution in [0.4, 0.5) is 0 Å². The van der Waals surface area contributed by atoms with Crippen molar-refractivity contribution >= 4 is 35.9 Å². The molecule has 0 bridgehead atoms. The Hall–Kier alpha value is 0.748. The van der Waals surface area contributed by atoms with Gasteiger partial charge in [-0.3, -0.25) is 0 Å². The molecule has 7 heteroatoms. The molecule has 1 unspecified atom stereocenters. The first kappa shape index (κ1) is 17.8. The van der Waals surface area contributed by atoms with E-state index in [1.165, 1.54) is 32.1 Å². The molecule has 1 atom stereocenters. The van der Waals surface area contributed by atoms with Gasteiger partial charge in [-0.05, 0) is 57.7 Å². The number of rotatable bonds is 7. The molecule has 0 aromatic rings. The summed E-state index contributed by atoms with van der Waals surface area (Å²) < 4.78 is 19.0. The first-order valence-corrected chi connectivity index (χ1v) is 17.8. The zero-order chi connectivity index (χ0) is 14.5. The Morgan fingerprint density at radius 1 is 0.842 bits per heavy atom. The van der Waals surface area contributed by atoms with E-state index < -0.39 is 35.9 Å². The van der Waals surface area contributed by atoms with Crippen molar-refractivity contribution in [2.75, 3.05) is 0 Å². The molecule has 1 rings (SSSR count). The van der Waals surface area contributed by atoms with Gasteiger partial charge >= 0.3 is 17.8 Å². The Balaban J connectivity index is 2.62. The molecule has 1 saturated carbocycles. The van der Waals surface area contributed by atoms with Crippen LogP contribution in [0, 0.1) is 0 Å². The molecular weight excluding hydrogens is 304 g/mol. The van der Waals surface area contributed by atoms with Gasteiger partial charge in [-0.2, -0.15) is 0 Å². The molecule has 0 heterocycles. The highest BCUT2D eigenvalue weighted by Gasteiger charge is 2.36. The smallest absolute Gasteiger partial charge is 0.312 e. The lowest BCUT2D eigenvalue weighted by Gasteiger charge is -2.36. The predicted octanol–water partition coefficient (Wildman–Crippen LogP) is 3.26. The minimum atomic E-state index is -1.96. The van der Waals surface area contributed by atoms with E-state index in [0.29, 0.717) is 0 Å².